The number of nitrogens with zero attached hydrogens (tertiary/aromatic N) is 2. The van der Waals surface area contributed by atoms with Gasteiger partial charge in [0, 0.05) is 49.3 Å². The van der Waals surface area contributed by atoms with Gasteiger partial charge in [-0.3, -0.25) is 4.68 Å². The fourth-order valence-corrected chi connectivity index (χ4v) is 11.3. The average molecular weight is 791 g/mol. The number of fused-ring (bicyclic) bond motifs is 9. The molecule has 7 aromatic carbocycles. The van der Waals surface area contributed by atoms with Crippen LogP contribution in [0, 0.1) is 0 Å². The lowest BCUT2D eigenvalue weighted by Crippen LogP contribution is -2.15. The lowest BCUT2D eigenvalue weighted by atomic mass is 9.80. The molecule has 0 fully saturated rings. The zero-order chi connectivity index (χ0) is 40.3. The molecule has 2 aliphatic carbocycles. The molecule has 10 aromatic rings. The van der Waals surface area contributed by atoms with Crippen molar-refractivity contribution < 1.29 is 4.42 Å². The minimum absolute atomic E-state index is 0.0679. The third-order valence-corrected chi connectivity index (χ3v) is 14.4. The third kappa shape index (κ3) is 5.30. The van der Waals surface area contributed by atoms with Crippen molar-refractivity contribution in [2.24, 2.45) is 7.05 Å². The summed E-state index contributed by atoms with van der Waals surface area (Å²) in [6, 6.07) is 58.1. The Morgan fingerprint density at radius 3 is 1.93 bits per heavy atom. The van der Waals surface area contributed by atoms with Crippen molar-refractivity contribution in [1.82, 2.24) is 9.78 Å². The number of hydrogen-bond donors (Lipinski definition) is 0. The maximum Gasteiger partial charge on any atom is 0.181 e. The Bertz CT molecular complexity index is 3420. The largest absolute Gasteiger partial charge is 0.452 e. The molecule has 3 heterocycles. The molecule has 3 nitrogen and oxygen atoms in total. The van der Waals surface area contributed by atoms with Crippen LogP contribution in [0.25, 0.3) is 92.6 Å². The van der Waals surface area contributed by atoms with Crippen molar-refractivity contribution in [1.29, 1.82) is 0 Å². The fraction of sp³-hybridized carbons (Fsp3) is 0.125. The Morgan fingerprint density at radius 2 is 1.18 bits per heavy atom. The van der Waals surface area contributed by atoms with Crippen molar-refractivity contribution in [3.8, 4) is 55.8 Å². The second-order valence-electron chi connectivity index (χ2n) is 17.2. The molecule has 288 valence electrons. The molecule has 0 bridgehead atoms. The maximum atomic E-state index is 7.03. The molecule has 60 heavy (non-hydrogen) atoms. The zero-order valence-electron chi connectivity index (χ0n) is 34.1. The quantitative estimate of drug-likeness (QED) is 0.174. The Labute approximate surface area is 353 Å². The van der Waals surface area contributed by atoms with Gasteiger partial charge in [0.05, 0.1) is 0 Å². The van der Waals surface area contributed by atoms with Crippen LogP contribution in [-0.4, -0.2) is 9.78 Å². The summed E-state index contributed by atoms with van der Waals surface area (Å²) in [5, 5.41) is 7.82. The standard InChI is InChI=1S/C56H42N2OS/c1-33-22-25-42(40-24-26-44-43-18-5-7-20-47(43)56(2,3)48(44)31-40)54-51(33)52-55(59-54)53(58(4)57-52)41-17-11-16-38(30-41)36-14-9-12-34(28-36)35-13-10-15-37(29-35)39-23-27-46-45-19-6-8-21-49(45)60-50(46)32-39/h5-21,23-33H,22H2,1-4H3. The molecule has 12 rings (SSSR count). The Kier molecular flexibility index (Phi) is 7.70. The van der Waals surface area contributed by atoms with Crippen molar-refractivity contribution in [3.63, 3.8) is 0 Å². The highest BCUT2D eigenvalue weighted by Crippen LogP contribution is 2.51. The van der Waals surface area contributed by atoms with Crippen molar-refractivity contribution >= 4 is 48.2 Å². The highest BCUT2D eigenvalue weighted by molar-refractivity contribution is 7.25. The van der Waals surface area contributed by atoms with E-state index < -0.39 is 0 Å². The first-order valence-corrected chi connectivity index (χ1v) is 21.8. The SMILES string of the molecule is CC1CC=C(c2ccc3c(c2)C(C)(C)c2ccccc2-3)c2oc3c(-c4cccc(-c5cccc(-c6cccc(-c7ccc8c(c7)sc7ccccc78)c6)c5)c4)n(C)nc3c21. The van der Waals surface area contributed by atoms with Gasteiger partial charge in [-0.25, -0.2) is 0 Å². The molecule has 0 radical (unpaired) electrons. The Hall–Kier alpha value is -6.75. The van der Waals surface area contributed by atoms with Gasteiger partial charge in [0.15, 0.2) is 5.58 Å². The minimum Gasteiger partial charge on any atom is -0.452 e. The third-order valence-electron chi connectivity index (χ3n) is 13.3. The van der Waals surface area contributed by atoms with E-state index in [1.807, 2.05) is 23.1 Å². The molecule has 2 aliphatic rings. The van der Waals surface area contributed by atoms with Crippen LogP contribution in [0.3, 0.4) is 0 Å². The molecular weight excluding hydrogens is 749 g/mol. The lowest BCUT2D eigenvalue weighted by Gasteiger charge is -2.23. The molecule has 1 unspecified atom stereocenters. The number of allylic oxidation sites excluding steroid dienone is 1. The number of aryl methyl sites for hydroxylation is 1. The monoisotopic (exact) mass is 790 g/mol. The zero-order valence-corrected chi connectivity index (χ0v) is 34.9. The van der Waals surface area contributed by atoms with Crippen LogP contribution in [0.2, 0.25) is 0 Å². The van der Waals surface area contributed by atoms with E-state index in [0.29, 0.717) is 5.92 Å². The van der Waals surface area contributed by atoms with Gasteiger partial charge in [-0.05, 0) is 110 Å². The normalized spacial score (nSPS) is 15.3. The first-order chi connectivity index (χ1) is 29.3. The summed E-state index contributed by atoms with van der Waals surface area (Å²) >= 11 is 1.87. The maximum absolute atomic E-state index is 7.03. The fourth-order valence-electron chi connectivity index (χ4n) is 10.2. The summed E-state index contributed by atoms with van der Waals surface area (Å²) in [4.78, 5) is 0. The molecule has 3 aromatic heterocycles. The van der Waals surface area contributed by atoms with E-state index in [9.17, 15) is 0 Å². The molecule has 1 atom stereocenters. The second-order valence-corrected chi connectivity index (χ2v) is 18.3. The van der Waals surface area contributed by atoms with Crippen molar-refractivity contribution in [2.75, 3.05) is 0 Å². The number of benzene rings is 7. The topological polar surface area (TPSA) is 31.0 Å². The summed E-state index contributed by atoms with van der Waals surface area (Å²) in [7, 11) is 2.04. The van der Waals surface area contributed by atoms with Crippen LogP contribution in [0.15, 0.2) is 168 Å². The van der Waals surface area contributed by atoms with E-state index >= 15 is 0 Å². The first-order valence-electron chi connectivity index (χ1n) is 21.0. The van der Waals surface area contributed by atoms with Crippen LogP contribution < -0.4 is 0 Å². The summed E-state index contributed by atoms with van der Waals surface area (Å²) < 4.78 is 11.7. The van der Waals surface area contributed by atoms with Crippen molar-refractivity contribution in [2.45, 2.75) is 38.5 Å². The van der Waals surface area contributed by atoms with Crippen LogP contribution in [0.5, 0.6) is 0 Å². The molecule has 0 saturated carbocycles. The summed E-state index contributed by atoms with van der Waals surface area (Å²) in [6.45, 7) is 6.99. The van der Waals surface area contributed by atoms with Gasteiger partial charge < -0.3 is 4.42 Å². The van der Waals surface area contributed by atoms with Gasteiger partial charge in [0.2, 0.25) is 0 Å². The van der Waals surface area contributed by atoms with E-state index in [-0.39, 0.29) is 5.41 Å². The Morgan fingerprint density at radius 1 is 0.583 bits per heavy atom. The summed E-state index contributed by atoms with van der Waals surface area (Å²) in [5.74, 6) is 1.25. The lowest BCUT2D eigenvalue weighted by molar-refractivity contribution is 0.579. The van der Waals surface area contributed by atoms with E-state index in [1.54, 1.807) is 0 Å². The summed E-state index contributed by atoms with van der Waals surface area (Å²) in [5.41, 5.74) is 20.0. The molecule has 0 spiro atoms. The predicted octanol–water partition coefficient (Wildman–Crippen LogP) is 15.4. The van der Waals surface area contributed by atoms with Crippen molar-refractivity contribution in [3.05, 3.63) is 192 Å². The molecule has 0 N–H and O–H groups in total. The minimum atomic E-state index is -0.0679. The first kappa shape index (κ1) is 35.2. The van der Waals surface area contributed by atoms with Gasteiger partial charge >= 0.3 is 0 Å². The number of furan rings is 1. The number of rotatable bonds is 5. The Balaban J connectivity index is 0.887. The second kappa shape index (κ2) is 13.1. The predicted molar refractivity (Wildman–Crippen MR) is 252 cm³/mol. The molecule has 0 aliphatic heterocycles. The van der Waals surface area contributed by atoms with Gasteiger partial charge in [0.1, 0.15) is 17.0 Å². The van der Waals surface area contributed by atoms with Gasteiger partial charge in [-0.1, -0.05) is 148 Å². The van der Waals surface area contributed by atoms with Crippen LogP contribution in [0.1, 0.15) is 61.1 Å². The van der Waals surface area contributed by atoms with Gasteiger partial charge in [0.25, 0.3) is 0 Å². The van der Waals surface area contributed by atoms with Crippen LogP contribution in [0.4, 0.5) is 0 Å². The number of thiophene rings is 1. The van der Waals surface area contributed by atoms with E-state index in [0.717, 1.165) is 40.1 Å². The highest BCUT2D eigenvalue weighted by Gasteiger charge is 2.36. The van der Waals surface area contributed by atoms with Gasteiger partial charge in [-0.15, -0.1) is 11.3 Å². The molecule has 0 amide bonds. The number of hydrogen-bond acceptors (Lipinski definition) is 3. The average Bonchev–Trinajstić information content (AvgIpc) is 4.00. The number of aromatic nitrogens is 2. The van der Waals surface area contributed by atoms with Crippen LogP contribution >= 0.6 is 11.3 Å². The van der Waals surface area contributed by atoms with Crippen LogP contribution in [-0.2, 0) is 12.5 Å². The molecular formula is C56H42N2OS. The summed E-state index contributed by atoms with van der Waals surface area (Å²) in [6.07, 6.45) is 3.32. The highest BCUT2D eigenvalue weighted by atomic mass is 32.1. The molecule has 0 saturated heterocycles. The van der Waals surface area contributed by atoms with Gasteiger partial charge in [-0.2, -0.15) is 5.10 Å². The van der Waals surface area contributed by atoms with E-state index in [1.165, 1.54) is 86.9 Å². The molecule has 4 heteroatoms. The van der Waals surface area contributed by atoms with E-state index in [2.05, 4.69) is 185 Å². The van der Waals surface area contributed by atoms with E-state index in [4.69, 9.17) is 9.52 Å². The smallest absolute Gasteiger partial charge is 0.181 e.